The van der Waals surface area contributed by atoms with Crippen LogP contribution in [0.3, 0.4) is 0 Å². The third kappa shape index (κ3) is 5.64. The Morgan fingerprint density at radius 2 is 2.29 bits per heavy atom. The van der Waals surface area contributed by atoms with Crippen LogP contribution in [-0.4, -0.2) is 22.6 Å². The lowest BCUT2D eigenvalue weighted by Crippen LogP contribution is -2.09. The van der Waals surface area contributed by atoms with Crippen LogP contribution in [0.5, 0.6) is 0 Å². The fourth-order valence-corrected chi connectivity index (χ4v) is 3.38. The van der Waals surface area contributed by atoms with Gasteiger partial charge in [-0.1, -0.05) is 25.0 Å². The largest absolute Gasteiger partial charge is 0.469 e. The van der Waals surface area contributed by atoms with E-state index >= 15 is 0 Å². The van der Waals surface area contributed by atoms with E-state index in [4.69, 9.17) is 9.72 Å². The third-order valence-electron chi connectivity index (χ3n) is 3.84. The highest BCUT2D eigenvalue weighted by atomic mass is 32.1. The Morgan fingerprint density at radius 3 is 2.96 bits per heavy atom. The molecule has 4 nitrogen and oxygen atoms in total. The quantitative estimate of drug-likeness (QED) is 0.628. The van der Waals surface area contributed by atoms with Gasteiger partial charge in [-0.05, 0) is 30.9 Å². The molecule has 0 aromatic carbocycles. The van der Waals surface area contributed by atoms with Crippen molar-refractivity contribution in [2.45, 2.75) is 52.5 Å². The lowest BCUT2D eigenvalue weighted by molar-refractivity contribution is -0.140. The molecule has 0 saturated heterocycles. The fourth-order valence-electron chi connectivity index (χ4n) is 2.58. The molecular formula is C19H26N2O2S. The molecule has 0 aliphatic carbocycles. The monoisotopic (exact) mass is 346 g/mol. The molecule has 0 radical (unpaired) electrons. The molecule has 0 atom stereocenters. The van der Waals surface area contributed by atoms with Gasteiger partial charge in [0.15, 0.2) is 0 Å². The summed E-state index contributed by atoms with van der Waals surface area (Å²) in [5, 5.41) is 2.10. The van der Waals surface area contributed by atoms with Crippen molar-refractivity contribution in [3.05, 3.63) is 45.7 Å². The zero-order valence-electron chi connectivity index (χ0n) is 14.7. The van der Waals surface area contributed by atoms with Gasteiger partial charge in [-0.25, -0.2) is 4.98 Å². The average Bonchev–Trinajstić information content (AvgIpc) is 3.20. The van der Waals surface area contributed by atoms with E-state index in [1.165, 1.54) is 17.6 Å². The number of allylic oxidation sites excluding steroid dienone is 1. The highest BCUT2D eigenvalue weighted by Gasteiger charge is 2.09. The predicted octanol–water partition coefficient (Wildman–Crippen LogP) is 4.50. The molecule has 0 saturated carbocycles. The van der Waals surface area contributed by atoms with Gasteiger partial charge in [-0.3, -0.25) is 4.79 Å². The van der Waals surface area contributed by atoms with E-state index in [-0.39, 0.29) is 5.97 Å². The number of hydrogen-bond donors (Lipinski definition) is 0. The molecule has 5 heteroatoms. The number of methoxy groups -OCH3 is 1. The van der Waals surface area contributed by atoms with Crippen LogP contribution in [0.4, 0.5) is 0 Å². The van der Waals surface area contributed by atoms with E-state index in [9.17, 15) is 4.79 Å². The first-order valence-electron chi connectivity index (χ1n) is 8.44. The zero-order valence-corrected chi connectivity index (χ0v) is 15.6. The second-order valence-electron chi connectivity index (χ2n) is 5.95. The SMILES string of the molecule is CCCCc1nc(/C=C(\C)Cc2cccs2)cn1CCC(=O)OC. The number of imidazole rings is 1. The first kappa shape index (κ1) is 18.5. The maximum atomic E-state index is 11.4. The van der Waals surface area contributed by atoms with Crippen LogP contribution in [0.15, 0.2) is 29.3 Å². The first-order chi connectivity index (χ1) is 11.6. The van der Waals surface area contributed by atoms with Crippen LogP contribution in [0.25, 0.3) is 6.08 Å². The van der Waals surface area contributed by atoms with Gasteiger partial charge in [0.25, 0.3) is 0 Å². The summed E-state index contributed by atoms with van der Waals surface area (Å²) in [5.74, 6) is 0.868. The molecule has 0 aliphatic rings. The Morgan fingerprint density at radius 1 is 1.46 bits per heavy atom. The number of carbonyl (C=O) groups excluding carboxylic acids is 1. The van der Waals surface area contributed by atoms with Crippen LogP contribution < -0.4 is 0 Å². The van der Waals surface area contributed by atoms with Gasteiger partial charge in [-0.15, -0.1) is 11.3 Å². The summed E-state index contributed by atoms with van der Waals surface area (Å²) in [7, 11) is 1.43. The summed E-state index contributed by atoms with van der Waals surface area (Å²) in [6.07, 6.45) is 8.70. The van der Waals surface area contributed by atoms with E-state index in [1.807, 2.05) is 6.20 Å². The van der Waals surface area contributed by atoms with Crippen LogP contribution in [0.1, 0.15) is 49.5 Å². The number of carbonyl (C=O) groups is 1. The first-order valence-corrected chi connectivity index (χ1v) is 9.32. The second-order valence-corrected chi connectivity index (χ2v) is 6.98. The van der Waals surface area contributed by atoms with Crippen LogP contribution >= 0.6 is 11.3 Å². The second kappa shape index (κ2) is 9.42. The molecule has 0 fully saturated rings. The zero-order chi connectivity index (χ0) is 17.4. The van der Waals surface area contributed by atoms with Crippen LogP contribution in [0, 0.1) is 0 Å². The summed E-state index contributed by atoms with van der Waals surface area (Å²) >= 11 is 1.78. The third-order valence-corrected chi connectivity index (χ3v) is 4.72. The number of nitrogens with zero attached hydrogens (tertiary/aromatic N) is 2. The summed E-state index contributed by atoms with van der Waals surface area (Å²) < 4.78 is 6.83. The maximum absolute atomic E-state index is 11.4. The average molecular weight is 346 g/mol. The molecule has 0 spiro atoms. The van der Waals surface area contributed by atoms with E-state index in [2.05, 4.69) is 42.0 Å². The molecule has 0 bridgehead atoms. The normalized spacial score (nSPS) is 11.7. The smallest absolute Gasteiger partial charge is 0.307 e. The van der Waals surface area contributed by atoms with Crippen LogP contribution in [-0.2, 0) is 28.9 Å². The number of esters is 1. The number of ether oxygens (including phenoxy) is 1. The summed E-state index contributed by atoms with van der Waals surface area (Å²) in [6.45, 7) is 4.93. The van der Waals surface area contributed by atoms with E-state index in [0.717, 1.165) is 37.2 Å². The van der Waals surface area contributed by atoms with Gasteiger partial charge in [0.05, 0.1) is 19.2 Å². The van der Waals surface area contributed by atoms with Gasteiger partial charge in [0.2, 0.25) is 0 Å². The van der Waals surface area contributed by atoms with Crippen molar-refractivity contribution in [1.82, 2.24) is 9.55 Å². The van der Waals surface area contributed by atoms with Gasteiger partial charge in [-0.2, -0.15) is 0 Å². The number of unbranched alkanes of at least 4 members (excludes halogenated alkanes) is 1. The minimum Gasteiger partial charge on any atom is -0.469 e. The number of hydrogen-bond acceptors (Lipinski definition) is 4. The van der Waals surface area contributed by atoms with Crippen molar-refractivity contribution >= 4 is 23.4 Å². The molecule has 2 aromatic rings. The number of thiophene rings is 1. The van der Waals surface area contributed by atoms with E-state index in [1.54, 1.807) is 11.3 Å². The number of aryl methyl sites for hydroxylation is 2. The Hall–Kier alpha value is -1.88. The highest BCUT2D eigenvalue weighted by Crippen LogP contribution is 2.17. The van der Waals surface area contributed by atoms with Crippen molar-refractivity contribution in [3.8, 4) is 0 Å². The topological polar surface area (TPSA) is 44.1 Å². The Balaban J connectivity index is 2.10. The summed E-state index contributed by atoms with van der Waals surface area (Å²) in [4.78, 5) is 17.5. The van der Waals surface area contributed by atoms with E-state index in [0.29, 0.717) is 13.0 Å². The van der Waals surface area contributed by atoms with Crippen molar-refractivity contribution in [2.24, 2.45) is 0 Å². The fraction of sp³-hybridized carbons (Fsp3) is 0.474. The predicted molar refractivity (Wildman–Crippen MR) is 99.1 cm³/mol. The van der Waals surface area contributed by atoms with Gasteiger partial charge in [0, 0.05) is 30.5 Å². The van der Waals surface area contributed by atoms with Crippen molar-refractivity contribution in [3.63, 3.8) is 0 Å². The Kier molecular flexibility index (Phi) is 7.25. The van der Waals surface area contributed by atoms with Crippen molar-refractivity contribution < 1.29 is 9.53 Å². The van der Waals surface area contributed by atoms with Gasteiger partial charge >= 0.3 is 5.97 Å². The summed E-state index contributed by atoms with van der Waals surface area (Å²) in [5.41, 5.74) is 2.26. The van der Waals surface area contributed by atoms with Crippen LogP contribution in [0.2, 0.25) is 0 Å². The van der Waals surface area contributed by atoms with Crippen molar-refractivity contribution in [2.75, 3.05) is 7.11 Å². The minimum absolute atomic E-state index is 0.184. The molecule has 0 unspecified atom stereocenters. The minimum atomic E-state index is -0.184. The lowest BCUT2D eigenvalue weighted by Gasteiger charge is -2.06. The molecular weight excluding hydrogens is 320 g/mol. The van der Waals surface area contributed by atoms with Gasteiger partial charge in [0.1, 0.15) is 5.82 Å². The lowest BCUT2D eigenvalue weighted by atomic mass is 10.1. The maximum Gasteiger partial charge on any atom is 0.307 e. The number of rotatable bonds is 9. The standard InChI is InChI=1S/C19H26N2O2S/c1-4-5-8-18-20-16(14-21(18)10-9-19(22)23-3)12-15(2)13-17-7-6-11-24-17/h6-7,11-12,14H,4-5,8-10,13H2,1-3H3/b15-12+. The highest BCUT2D eigenvalue weighted by molar-refractivity contribution is 7.09. The molecule has 2 rings (SSSR count). The molecule has 0 N–H and O–H groups in total. The molecule has 24 heavy (non-hydrogen) atoms. The molecule has 2 aromatic heterocycles. The Bertz CT molecular complexity index is 672. The Labute approximate surface area is 148 Å². The number of aromatic nitrogens is 2. The molecule has 0 amide bonds. The molecule has 0 aliphatic heterocycles. The molecule has 2 heterocycles. The van der Waals surface area contributed by atoms with E-state index < -0.39 is 0 Å². The van der Waals surface area contributed by atoms with Gasteiger partial charge < -0.3 is 9.30 Å². The summed E-state index contributed by atoms with van der Waals surface area (Å²) in [6, 6.07) is 4.24. The molecule has 130 valence electrons. The van der Waals surface area contributed by atoms with Crippen molar-refractivity contribution in [1.29, 1.82) is 0 Å².